The van der Waals surface area contributed by atoms with E-state index in [9.17, 15) is 0 Å². The maximum Gasteiger partial charge on any atom is 0.0288 e. The molecule has 250 valence electrons. The van der Waals surface area contributed by atoms with Crippen molar-refractivity contribution in [2.75, 3.05) is 0 Å². The number of benzene rings is 4. The van der Waals surface area contributed by atoms with Crippen molar-refractivity contribution in [2.24, 2.45) is 41.4 Å². The van der Waals surface area contributed by atoms with Crippen LogP contribution in [0.5, 0.6) is 0 Å². The molecule has 0 N–H and O–H groups in total. The van der Waals surface area contributed by atoms with E-state index in [1.807, 2.05) is 0 Å². The van der Waals surface area contributed by atoms with Crippen LogP contribution >= 0.6 is 0 Å². The smallest absolute Gasteiger partial charge is 0.0288 e. The molecule has 0 bridgehead atoms. The van der Waals surface area contributed by atoms with Gasteiger partial charge in [-0.25, -0.2) is 0 Å². The summed E-state index contributed by atoms with van der Waals surface area (Å²) in [5.41, 5.74) is 21.6. The molecule has 2 unspecified atom stereocenters. The van der Waals surface area contributed by atoms with E-state index in [2.05, 4.69) is 139 Å². The van der Waals surface area contributed by atoms with Gasteiger partial charge in [-0.15, -0.1) is 0 Å². The van der Waals surface area contributed by atoms with Gasteiger partial charge in [-0.1, -0.05) is 123 Å². The summed E-state index contributed by atoms with van der Waals surface area (Å²) in [5, 5.41) is 3.03. The Bertz CT molecular complexity index is 2040. The van der Waals surface area contributed by atoms with E-state index in [0.717, 1.165) is 12.8 Å². The second-order valence-electron chi connectivity index (χ2n) is 18.5. The molecule has 0 saturated heterocycles. The van der Waals surface area contributed by atoms with Gasteiger partial charge < -0.3 is 0 Å². The van der Waals surface area contributed by atoms with Crippen LogP contribution in [0.1, 0.15) is 125 Å². The number of fused-ring (bicyclic) bond motifs is 12. The van der Waals surface area contributed by atoms with Crippen molar-refractivity contribution in [3.8, 4) is 11.1 Å². The number of aryl methyl sites for hydroxylation is 3. The van der Waals surface area contributed by atoms with Gasteiger partial charge in [0.15, 0.2) is 0 Å². The molecule has 0 amide bonds. The van der Waals surface area contributed by atoms with Crippen molar-refractivity contribution in [1.29, 1.82) is 0 Å². The van der Waals surface area contributed by atoms with Crippen molar-refractivity contribution >= 4 is 21.9 Å². The highest BCUT2D eigenvalue weighted by Crippen LogP contribution is 2.74. The van der Waals surface area contributed by atoms with Crippen LogP contribution in [0, 0.1) is 62.2 Å². The maximum absolute atomic E-state index is 2.65. The van der Waals surface area contributed by atoms with E-state index < -0.39 is 0 Å². The molecule has 1 fully saturated rings. The van der Waals surface area contributed by atoms with Crippen molar-refractivity contribution in [3.05, 3.63) is 104 Å². The van der Waals surface area contributed by atoms with Gasteiger partial charge in [0, 0.05) is 10.8 Å². The summed E-state index contributed by atoms with van der Waals surface area (Å²) >= 11 is 0. The first-order valence-corrected chi connectivity index (χ1v) is 19.2. The SMILES string of the molecule is Cc1cc(C)c2c(C)cc3c(c2c1)C1(c2ccc4c(c2-3)C(C)(C)C2=C4Cc3ccc(CC(C)C)cc32)C(C(C)C)C(C(C)C)C1C(C)C. The standard InChI is InChI=1S/C48H58/c1-24(2)18-31-14-15-32-23-35-33-16-17-38-41(46(33)47(12,13)44(35)34(32)22-31)37-21-30(11)40-29(10)19-28(9)20-36(40)45(37)48(38)42(26(5)6)39(25(3)4)43(48)27(7)8/h14-17,19-22,24-27,39,42-43H,18,23H2,1-13H3. The lowest BCUT2D eigenvalue weighted by Crippen LogP contribution is -2.64. The molecule has 0 heterocycles. The van der Waals surface area contributed by atoms with Gasteiger partial charge in [-0.2, -0.15) is 0 Å². The largest absolute Gasteiger partial charge is 0.0625 e. The van der Waals surface area contributed by atoms with E-state index >= 15 is 0 Å². The van der Waals surface area contributed by atoms with E-state index in [4.69, 9.17) is 0 Å². The predicted octanol–water partition coefficient (Wildman–Crippen LogP) is 12.8. The molecule has 8 rings (SSSR count). The molecule has 4 aliphatic carbocycles. The molecule has 48 heavy (non-hydrogen) atoms. The fraction of sp³-hybridized carbons (Fsp3) is 0.500. The molecule has 0 radical (unpaired) electrons. The molecular weight excluding hydrogens is 577 g/mol. The third-order valence-electron chi connectivity index (χ3n) is 13.5. The molecule has 0 aliphatic heterocycles. The van der Waals surface area contributed by atoms with E-state index in [1.165, 1.54) is 49.7 Å². The van der Waals surface area contributed by atoms with Crippen LogP contribution in [0.4, 0.5) is 0 Å². The molecule has 0 nitrogen and oxygen atoms in total. The Hall–Kier alpha value is -3.12. The molecule has 1 saturated carbocycles. The van der Waals surface area contributed by atoms with Crippen molar-refractivity contribution in [3.63, 3.8) is 0 Å². The first-order chi connectivity index (χ1) is 22.6. The first-order valence-electron chi connectivity index (χ1n) is 19.2. The molecule has 4 aromatic rings. The highest BCUT2D eigenvalue weighted by molar-refractivity contribution is 6.10. The van der Waals surface area contributed by atoms with Crippen molar-refractivity contribution in [1.82, 2.24) is 0 Å². The fourth-order valence-corrected chi connectivity index (χ4v) is 12.6. The predicted molar refractivity (Wildman–Crippen MR) is 208 cm³/mol. The van der Waals surface area contributed by atoms with Crippen molar-refractivity contribution < 1.29 is 0 Å². The van der Waals surface area contributed by atoms with Gasteiger partial charge in [0.05, 0.1) is 0 Å². The van der Waals surface area contributed by atoms with E-state index in [-0.39, 0.29) is 10.8 Å². The van der Waals surface area contributed by atoms with Crippen LogP contribution in [-0.4, -0.2) is 0 Å². The molecular formula is C48H58. The van der Waals surface area contributed by atoms with Gasteiger partial charge >= 0.3 is 0 Å². The van der Waals surface area contributed by atoms with Crippen molar-refractivity contribution in [2.45, 2.75) is 114 Å². The fourth-order valence-electron chi connectivity index (χ4n) is 12.6. The average molecular weight is 635 g/mol. The number of allylic oxidation sites excluding steroid dienone is 2. The Morgan fingerprint density at radius 1 is 0.688 bits per heavy atom. The Labute approximate surface area is 291 Å². The number of hydrogen-bond acceptors (Lipinski definition) is 0. The molecule has 4 aliphatic rings. The molecule has 0 aromatic heterocycles. The molecule has 1 spiro atoms. The average Bonchev–Trinajstić information content (AvgIpc) is 3.56. The van der Waals surface area contributed by atoms with Gasteiger partial charge in [0.25, 0.3) is 0 Å². The van der Waals surface area contributed by atoms with Gasteiger partial charge in [-0.05, 0) is 158 Å². The Morgan fingerprint density at radius 2 is 1.35 bits per heavy atom. The number of hydrogen-bond donors (Lipinski definition) is 0. The van der Waals surface area contributed by atoms with Crippen LogP contribution < -0.4 is 0 Å². The third-order valence-corrected chi connectivity index (χ3v) is 13.5. The molecule has 2 atom stereocenters. The van der Waals surface area contributed by atoms with Crippen LogP contribution in [0.3, 0.4) is 0 Å². The zero-order valence-corrected chi connectivity index (χ0v) is 32.1. The molecule has 0 heteroatoms. The van der Waals surface area contributed by atoms with Gasteiger partial charge in [0.2, 0.25) is 0 Å². The maximum atomic E-state index is 2.65. The van der Waals surface area contributed by atoms with Crippen LogP contribution in [0.15, 0.2) is 48.5 Å². The molecule has 4 aromatic carbocycles. The lowest BCUT2D eigenvalue weighted by Gasteiger charge is -2.66. The Kier molecular flexibility index (Phi) is 6.99. The van der Waals surface area contributed by atoms with E-state index in [1.54, 1.807) is 39.0 Å². The summed E-state index contributed by atoms with van der Waals surface area (Å²) in [6.45, 7) is 32.0. The summed E-state index contributed by atoms with van der Waals surface area (Å²) in [5.74, 6) is 4.45. The van der Waals surface area contributed by atoms with Crippen LogP contribution in [0.2, 0.25) is 0 Å². The lowest BCUT2D eigenvalue weighted by atomic mass is 9.37. The van der Waals surface area contributed by atoms with Gasteiger partial charge in [0.1, 0.15) is 0 Å². The summed E-state index contributed by atoms with van der Waals surface area (Å²) in [4.78, 5) is 0. The minimum absolute atomic E-state index is 0.0224. The minimum Gasteiger partial charge on any atom is -0.0625 e. The highest BCUT2D eigenvalue weighted by atomic mass is 14.7. The van der Waals surface area contributed by atoms with E-state index in [0.29, 0.717) is 41.4 Å². The quantitative estimate of drug-likeness (QED) is 0.205. The number of rotatable bonds is 5. The first kappa shape index (κ1) is 32.1. The Balaban J connectivity index is 1.47. The second-order valence-corrected chi connectivity index (χ2v) is 18.5. The monoisotopic (exact) mass is 634 g/mol. The van der Waals surface area contributed by atoms with Gasteiger partial charge in [-0.3, -0.25) is 0 Å². The Morgan fingerprint density at radius 3 is 1.98 bits per heavy atom. The summed E-state index contributed by atoms with van der Waals surface area (Å²) in [6.07, 6.45) is 2.21. The van der Waals surface area contributed by atoms with Crippen LogP contribution in [0.25, 0.3) is 33.0 Å². The minimum atomic E-state index is -0.0618. The summed E-state index contributed by atoms with van der Waals surface area (Å²) in [6, 6.07) is 20.3. The summed E-state index contributed by atoms with van der Waals surface area (Å²) in [7, 11) is 0. The second kappa shape index (κ2) is 10.4. The topological polar surface area (TPSA) is 0 Å². The third kappa shape index (κ3) is 3.90. The zero-order chi connectivity index (χ0) is 34.4. The zero-order valence-electron chi connectivity index (χ0n) is 32.1. The normalized spacial score (nSPS) is 24.6. The van der Waals surface area contributed by atoms with Crippen LogP contribution in [-0.2, 0) is 23.7 Å². The summed E-state index contributed by atoms with van der Waals surface area (Å²) < 4.78 is 0. The lowest BCUT2D eigenvalue weighted by molar-refractivity contribution is -0.105. The highest BCUT2D eigenvalue weighted by Gasteiger charge is 2.69.